The van der Waals surface area contributed by atoms with Crippen molar-refractivity contribution in [3.8, 4) is 16.9 Å². The van der Waals surface area contributed by atoms with E-state index < -0.39 is 11.5 Å². The highest BCUT2D eigenvalue weighted by Gasteiger charge is 2.12. The van der Waals surface area contributed by atoms with Gasteiger partial charge in [-0.1, -0.05) is 12.1 Å². The third-order valence-electron chi connectivity index (χ3n) is 2.65. The van der Waals surface area contributed by atoms with Crippen molar-refractivity contribution in [2.45, 2.75) is 6.92 Å². The van der Waals surface area contributed by atoms with Gasteiger partial charge in [0.2, 0.25) is 0 Å². The molecule has 92 valence electrons. The van der Waals surface area contributed by atoms with E-state index in [-0.39, 0.29) is 11.3 Å². The summed E-state index contributed by atoms with van der Waals surface area (Å²) in [7, 11) is 0. The molecular formula is C13H11NO4. The van der Waals surface area contributed by atoms with Gasteiger partial charge < -0.3 is 15.2 Å². The van der Waals surface area contributed by atoms with E-state index in [1.54, 1.807) is 19.1 Å². The van der Waals surface area contributed by atoms with E-state index in [2.05, 4.69) is 4.98 Å². The van der Waals surface area contributed by atoms with Gasteiger partial charge in [-0.25, -0.2) is 4.79 Å². The number of pyridine rings is 1. The van der Waals surface area contributed by atoms with Gasteiger partial charge in [0.25, 0.3) is 5.56 Å². The molecule has 0 aliphatic carbocycles. The van der Waals surface area contributed by atoms with E-state index in [9.17, 15) is 14.7 Å². The molecule has 0 amide bonds. The smallest absolute Gasteiger partial charge is 0.341 e. The predicted octanol–water partition coefficient (Wildman–Crippen LogP) is 1.75. The number of aromatic nitrogens is 1. The fraction of sp³-hybridized carbons (Fsp3) is 0.0769. The summed E-state index contributed by atoms with van der Waals surface area (Å²) >= 11 is 0. The van der Waals surface area contributed by atoms with E-state index in [1.807, 2.05) is 0 Å². The average molecular weight is 245 g/mol. The van der Waals surface area contributed by atoms with E-state index in [0.717, 1.165) is 5.56 Å². The molecule has 5 heteroatoms. The van der Waals surface area contributed by atoms with Crippen LogP contribution in [0, 0.1) is 6.92 Å². The fourth-order valence-electron chi connectivity index (χ4n) is 1.72. The van der Waals surface area contributed by atoms with Crippen molar-refractivity contribution >= 4 is 5.97 Å². The summed E-state index contributed by atoms with van der Waals surface area (Å²) < 4.78 is 0. The van der Waals surface area contributed by atoms with E-state index in [4.69, 9.17) is 5.11 Å². The molecule has 0 fully saturated rings. The van der Waals surface area contributed by atoms with Crippen molar-refractivity contribution < 1.29 is 15.0 Å². The largest absolute Gasteiger partial charge is 0.508 e. The Kier molecular flexibility index (Phi) is 2.89. The minimum Gasteiger partial charge on any atom is -0.508 e. The Morgan fingerprint density at radius 3 is 2.39 bits per heavy atom. The maximum atomic E-state index is 11.4. The van der Waals surface area contributed by atoms with Crippen LogP contribution in [0.25, 0.3) is 11.1 Å². The lowest BCUT2D eigenvalue weighted by atomic mass is 10.0. The van der Waals surface area contributed by atoms with Crippen molar-refractivity contribution in [3.05, 3.63) is 51.9 Å². The third-order valence-corrected chi connectivity index (χ3v) is 2.65. The van der Waals surface area contributed by atoms with Gasteiger partial charge in [-0.3, -0.25) is 4.79 Å². The molecule has 0 aliphatic rings. The average Bonchev–Trinajstić information content (AvgIpc) is 2.30. The normalized spacial score (nSPS) is 10.3. The van der Waals surface area contributed by atoms with E-state index >= 15 is 0 Å². The number of hydrogen-bond acceptors (Lipinski definition) is 3. The summed E-state index contributed by atoms with van der Waals surface area (Å²) in [5, 5.41) is 18.1. The molecule has 18 heavy (non-hydrogen) atoms. The number of nitrogens with one attached hydrogen (secondary N) is 1. The predicted molar refractivity (Wildman–Crippen MR) is 65.9 cm³/mol. The molecule has 0 radical (unpaired) electrons. The van der Waals surface area contributed by atoms with Crippen molar-refractivity contribution in [2.24, 2.45) is 0 Å². The SMILES string of the molecule is Cc1[nH]c(=O)c(C(=O)O)cc1-c1ccc(O)cc1. The van der Waals surface area contributed by atoms with Crippen LogP contribution in [0.1, 0.15) is 16.1 Å². The number of benzene rings is 1. The van der Waals surface area contributed by atoms with Crippen molar-refractivity contribution in [1.82, 2.24) is 4.98 Å². The van der Waals surface area contributed by atoms with Crippen LogP contribution in [0.3, 0.4) is 0 Å². The van der Waals surface area contributed by atoms with Crippen LogP contribution in [-0.2, 0) is 0 Å². The monoisotopic (exact) mass is 245 g/mol. The summed E-state index contributed by atoms with van der Waals surface area (Å²) in [6, 6.07) is 7.65. The lowest BCUT2D eigenvalue weighted by molar-refractivity contribution is 0.0695. The van der Waals surface area contributed by atoms with Crippen LogP contribution < -0.4 is 5.56 Å². The molecule has 0 saturated carbocycles. The highest BCUT2D eigenvalue weighted by Crippen LogP contribution is 2.23. The van der Waals surface area contributed by atoms with Crippen LogP contribution in [0.15, 0.2) is 35.1 Å². The summed E-state index contributed by atoms with van der Waals surface area (Å²) in [6.07, 6.45) is 0. The van der Waals surface area contributed by atoms with Crippen LogP contribution in [0.2, 0.25) is 0 Å². The molecule has 2 aromatic rings. The Bertz CT molecular complexity index is 656. The van der Waals surface area contributed by atoms with Crippen LogP contribution in [-0.4, -0.2) is 21.2 Å². The molecule has 1 heterocycles. The number of aromatic carboxylic acids is 1. The van der Waals surface area contributed by atoms with Gasteiger partial charge in [-0.15, -0.1) is 0 Å². The molecule has 3 N–H and O–H groups in total. The number of H-pyrrole nitrogens is 1. The second-order valence-electron chi connectivity index (χ2n) is 3.90. The Labute approximate surface area is 102 Å². The molecule has 2 rings (SSSR count). The summed E-state index contributed by atoms with van der Waals surface area (Å²) in [4.78, 5) is 24.9. The standard InChI is InChI=1S/C13H11NO4/c1-7-10(8-2-4-9(15)5-3-8)6-11(13(17)18)12(16)14-7/h2-6,15H,1H3,(H,14,16)(H,17,18). The Morgan fingerprint density at radius 1 is 1.22 bits per heavy atom. The first-order valence-corrected chi connectivity index (χ1v) is 5.25. The highest BCUT2D eigenvalue weighted by molar-refractivity contribution is 5.89. The van der Waals surface area contributed by atoms with Crippen LogP contribution >= 0.6 is 0 Å². The maximum absolute atomic E-state index is 11.4. The maximum Gasteiger partial charge on any atom is 0.341 e. The zero-order valence-corrected chi connectivity index (χ0v) is 9.60. The van der Waals surface area contributed by atoms with Crippen molar-refractivity contribution in [3.63, 3.8) is 0 Å². The zero-order valence-electron chi connectivity index (χ0n) is 9.60. The van der Waals surface area contributed by atoms with Crippen molar-refractivity contribution in [2.75, 3.05) is 0 Å². The molecule has 1 aromatic carbocycles. The van der Waals surface area contributed by atoms with E-state index in [1.165, 1.54) is 18.2 Å². The minimum absolute atomic E-state index is 0.124. The number of aryl methyl sites for hydroxylation is 1. The molecule has 5 nitrogen and oxygen atoms in total. The molecule has 0 unspecified atom stereocenters. The second-order valence-corrected chi connectivity index (χ2v) is 3.90. The molecule has 0 atom stereocenters. The molecule has 0 saturated heterocycles. The minimum atomic E-state index is -1.27. The fourth-order valence-corrected chi connectivity index (χ4v) is 1.72. The number of rotatable bonds is 2. The molecule has 0 aliphatic heterocycles. The topological polar surface area (TPSA) is 90.4 Å². The lowest BCUT2D eigenvalue weighted by Gasteiger charge is -2.07. The number of phenolic OH excluding ortho intramolecular Hbond substituents is 1. The number of carboxylic acid groups (broad SMARTS) is 1. The molecule has 0 bridgehead atoms. The Balaban J connectivity index is 2.64. The van der Waals surface area contributed by atoms with Gasteiger partial charge in [0.05, 0.1) is 0 Å². The number of phenols is 1. The number of carboxylic acids is 1. The number of carbonyl (C=O) groups is 1. The quantitative estimate of drug-likeness (QED) is 0.751. The number of aromatic amines is 1. The van der Waals surface area contributed by atoms with Gasteiger partial charge in [0.15, 0.2) is 0 Å². The summed E-state index contributed by atoms with van der Waals surface area (Å²) in [5.74, 6) is -1.14. The molecular weight excluding hydrogens is 234 g/mol. The van der Waals surface area contributed by atoms with Crippen molar-refractivity contribution in [1.29, 1.82) is 0 Å². The van der Waals surface area contributed by atoms with Gasteiger partial charge in [-0.05, 0) is 30.7 Å². The second kappa shape index (κ2) is 4.37. The first kappa shape index (κ1) is 11.9. The first-order chi connectivity index (χ1) is 8.49. The number of aromatic hydroxyl groups is 1. The summed E-state index contributed by atoms with van der Waals surface area (Å²) in [5.41, 5.74) is 0.998. The molecule has 1 aromatic heterocycles. The Morgan fingerprint density at radius 2 is 1.83 bits per heavy atom. The summed E-state index contributed by atoms with van der Waals surface area (Å²) in [6.45, 7) is 1.69. The lowest BCUT2D eigenvalue weighted by Crippen LogP contribution is -2.18. The van der Waals surface area contributed by atoms with Crippen LogP contribution in [0.5, 0.6) is 5.75 Å². The zero-order chi connectivity index (χ0) is 13.3. The molecule has 0 spiro atoms. The van der Waals surface area contributed by atoms with Gasteiger partial charge >= 0.3 is 5.97 Å². The van der Waals surface area contributed by atoms with E-state index in [0.29, 0.717) is 11.3 Å². The number of hydrogen-bond donors (Lipinski definition) is 3. The van der Waals surface area contributed by atoms with Crippen LogP contribution in [0.4, 0.5) is 0 Å². The van der Waals surface area contributed by atoms with Gasteiger partial charge in [0, 0.05) is 11.3 Å². The third kappa shape index (κ3) is 2.10. The van der Waals surface area contributed by atoms with Gasteiger partial charge in [0.1, 0.15) is 11.3 Å². The van der Waals surface area contributed by atoms with Gasteiger partial charge in [-0.2, -0.15) is 0 Å². The highest BCUT2D eigenvalue weighted by atomic mass is 16.4. The first-order valence-electron chi connectivity index (χ1n) is 5.25. The Hall–Kier alpha value is -2.56.